The summed E-state index contributed by atoms with van der Waals surface area (Å²) in [4.78, 5) is 18.8. The number of carbonyl (C=O) groups excluding carboxylic acids is 1. The highest BCUT2D eigenvalue weighted by atomic mass is 19.4. The lowest BCUT2D eigenvalue weighted by molar-refractivity contribution is -0.139. The summed E-state index contributed by atoms with van der Waals surface area (Å²) < 4.78 is 82.9. The summed E-state index contributed by atoms with van der Waals surface area (Å²) in [6, 6.07) is 8.01. The number of carbonyl (C=O) groups is 1. The van der Waals surface area contributed by atoms with Gasteiger partial charge in [-0.3, -0.25) is 9.78 Å². The Morgan fingerprint density at radius 2 is 2.03 bits per heavy atom. The molecule has 2 saturated heterocycles. The Morgan fingerprint density at radius 1 is 1.24 bits per heavy atom. The predicted octanol–water partition coefficient (Wildman–Crippen LogP) is 4.25. The van der Waals surface area contributed by atoms with E-state index < -0.39 is 47.6 Å². The zero-order valence-corrected chi connectivity index (χ0v) is 17.6. The summed E-state index contributed by atoms with van der Waals surface area (Å²) in [5.41, 5.74) is -1.70. The maximum absolute atomic E-state index is 13.5. The molecule has 2 aliphatic heterocycles. The zero-order chi connectivity index (χ0) is 23.9. The molecule has 4 rings (SSSR count). The normalized spacial score (nSPS) is 23.3. The van der Waals surface area contributed by atoms with Gasteiger partial charge in [0.15, 0.2) is 6.61 Å². The lowest BCUT2D eigenvalue weighted by atomic mass is 9.85. The lowest BCUT2D eigenvalue weighted by Crippen LogP contribution is -2.53. The van der Waals surface area contributed by atoms with Crippen LogP contribution in [0, 0.1) is 0 Å². The molecular formula is C22H21F5N2O4. The molecule has 1 aromatic carbocycles. The van der Waals surface area contributed by atoms with Crippen LogP contribution < -0.4 is 4.74 Å². The number of likely N-dealkylation sites (tertiary alicyclic amines) is 1. The number of alkyl halides is 5. The Kier molecular flexibility index (Phi) is 6.04. The summed E-state index contributed by atoms with van der Waals surface area (Å²) in [7, 11) is 0. The Labute approximate surface area is 186 Å². The summed E-state index contributed by atoms with van der Waals surface area (Å²) in [6.45, 7) is -0.373. The van der Waals surface area contributed by atoms with E-state index in [-0.39, 0.29) is 25.4 Å². The first-order chi connectivity index (χ1) is 15.5. The second-order valence-electron chi connectivity index (χ2n) is 8.09. The van der Waals surface area contributed by atoms with E-state index >= 15 is 0 Å². The number of nitrogens with zero attached hydrogens (tertiary/aromatic N) is 2. The van der Waals surface area contributed by atoms with Gasteiger partial charge in [0.25, 0.3) is 11.8 Å². The lowest BCUT2D eigenvalue weighted by Gasteiger charge is -2.41. The van der Waals surface area contributed by atoms with Crippen LogP contribution in [0.25, 0.3) is 0 Å². The molecule has 2 unspecified atom stereocenters. The Bertz CT molecular complexity index is 1010. The molecule has 1 aromatic heterocycles. The number of pyridine rings is 1. The van der Waals surface area contributed by atoms with Crippen LogP contribution in [0.2, 0.25) is 0 Å². The van der Waals surface area contributed by atoms with Crippen molar-refractivity contribution < 1.29 is 41.0 Å². The number of amides is 1. The summed E-state index contributed by atoms with van der Waals surface area (Å²) in [5.74, 6) is -4.71. The van der Waals surface area contributed by atoms with Gasteiger partial charge in [-0.15, -0.1) is 0 Å². The van der Waals surface area contributed by atoms with E-state index in [4.69, 9.17) is 9.47 Å². The second kappa shape index (κ2) is 8.53. The molecule has 0 spiro atoms. The maximum Gasteiger partial charge on any atom is 0.419 e. The standard InChI is InChI=1S/C22H21F5N2O4/c1-20(23,24)12-31-16-6-5-14(10-15(16)22(25,26)27)19(30)29-9-7-21(17-4-2-3-8-28-17)18(11-29)32-13-33-21/h2-6,8,10,18H,7,9,11-13H2,1H3. The topological polar surface area (TPSA) is 60.9 Å². The Morgan fingerprint density at radius 3 is 2.70 bits per heavy atom. The fraction of sp³-hybridized carbons (Fsp3) is 0.455. The van der Waals surface area contributed by atoms with E-state index in [9.17, 15) is 26.7 Å². The second-order valence-corrected chi connectivity index (χ2v) is 8.09. The number of fused-ring (bicyclic) bond motifs is 1. The first-order valence-corrected chi connectivity index (χ1v) is 10.2. The molecule has 0 radical (unpaired) electrons. The van der Waals surface area contributed by atoms with Crippen LogP contribution in [0.5, 0.6) is 5.75 Å². The van der Waals surface area contributed by atoms with Crippen LogP contribution in [0.1, 0.15) is 35.0 Å². The zero-order valence-electron chi connectivity index (χ0n) is 17.6. The first kappa shape index (κ1) is 23.4. The van der Waals surface area contributed by atoms with Crippen molar-refractivity contribution in [2.45, 2.75) is 37.1 Å². The number of piperidine rings is 1. The molecule has 2 fully saturated rings. The molecule has 0 bridgehead atoms. The third kappa shape index (κ3) is 4.79. The molecule has 1 amide bonds. The predicted molar refractivity (Wildman–Crippen MR) is 105 cm³/mol. The SMILES string of the molecule is CC(F)(F)COc1ccc(C(=O)N2CCC3(c4ccccn4)OCOC3C2)cc1C(F)(F)F. The van der Waals surface area contributed by atoms with Gasteiger partial charge in [-0.1, -0.05) is 6.07 Å². The fourth-order valence-electron chi connectivity index (χ4n) is 4.04. The summed E-state index contributed by atoms with van der Waals surface area (Å²) >= 11 is 0. The van der Waals surface area contributed by atoms with Crippen molar-refractivity contribution in [3.05, 3.63) is 59.4 Å². The third-order valence-corrected chi connectivity index (χ3v) is 5.64. The molecule has 2 aromatic rings. The first-order valence-electron chi connectivity index (χ1n) is 10.2. The highest BCUT2D eigenvalue weighted by Crippen LogP contribution is 2.42. The van der Waals surface area contributed by atoms with Gasteiger partial charge >= 0.3 is 6.18 Å². The molecule has 178 valence electrons. The Balaban J connectivity index is 1.55. The van der Waals surface area contributed by atoms with Crippen LogP contribution in [-0.4, -0.2) is 54.3 Å². The van der Waals surface area contributed by atoms with Crippen LogP contribution >= 0.6 is 0 Å². The quantitative estimate of drug-likeness (QED) is 0.609. The largest absolute Gasteiger partial charge is 0.487 e. The third-order valence-electron chi connectivity index (χ3n) is 5.64. The van der Waals surface area contributed by atoms with E-state index in [2.05, 4.69) is 9.72 Å². The molecule has 3 heterocycles. The minimum atomic E-state index is -4.90. The van der Waals surface area contributed by atoms with Gasteiger partial charge in [0, 0.05) is 31.6 Å². The minimum Gasteiger partial charge on any atom is -0.487 e. The molecule has 11 heteroatoms. The van der Waals surface area contributed by atoms with Crippen molar-refractivity contribution in [1.29, 1.82) is 0 Å². The van der Waals surface area contributed by atoms with Crippen LogP contribution in [0.3, 0.4) is 0 Å². The van der Waals surface area contributed by atoms with Gasteiger partial charge in [-0.2, -0.15) is 13.2 Å². The van der Waals surface area contributed by atoms with E-state index in [1.165, 1.54) is 4.90 Å². The molecule has 2 atom stereocenters. The van der Waals surface area contributed by atoms with E-state index in [1.807, 2.05) is 6.07 Å². The molecule has 0 N–H and O–H groups in total. The average molecular weight is 472 g/mol. The average Bonchev–Trinajstić information content (AvgIpc) is 3.21. The number of ether oxygens (including phenoxy) is 3. The van der Waals surface area contributed by atoms with Crippen LogP contribution in [0.15, 0.2) is 42.6 Å². The van der Waals surface area contributed by atoms with E-state index in [1.54, 1.807) is 18.3 Å². The van der Waals surface area contributed by atoms with Gasteiger partial charge in [-0.25, -0.2) is 8.78 Å². The number of rotatable bonds is 5. The molecule has 2 aliphatic rings. The molecular weight excluding hydrogens is 451 g/mol. The highest BCUT2D eigenvalue weighted by molar-refractivity contribution is 5.94. The van der Waals surface area contributed by atoms with Crippen molar-refractivity contribution in [2.75, 3.05) is 26.5 Å². The van der Waals surface area contributed by atoms with Gasteiger partial charge in [0.1, 0.15) is 24.2 Å². The number of halogens is 5. The monoisotopic (exact) mass is 472 g/mol. The number of benzene rings is 1. The Hall–Kier alpha value is -2.79. The smallest absolute Gasteiger partial charge is 0.419 e. The molecule has 0 saturated carbocycles. The molecule has 33 heavy (non-hydrogen) atoms. The fourth-order valence-corrected chi connectivity index (χ4v) is 4.04. The van der Waals surface area contributed by atoms with Gasteiger partial charge < -0.3 is 19.1 Å². The van der Waals surface area contributed by atoms with Gasteiger partial charge in [0.05, 0.1) is 17.8 Å². The summed E-state index contributed by atoms with van der Waals surface area (Å²) in [5, 5.41) is 0. The maximum atomic E-state index is 13.5. The molecule has 0 aliphatic carbocycles. The number of aromatic nitrogens is 1. The van der Waals surface area contributed by atoms with Crippen LogP contribution in [-0.2, 0) is 21.3 Å². The minimum absolute atomic E-state index is 0.00952. The summed E-state index contributed by atoms with van der Waals surface area (Å²) in [6.07, 6.45) is -3.47. The molecule has 6 nitrogen and oxygen atoms in total. The number of hydrogen-bond donors (Lipinski definition) is 0. The van der Waals surface area contributed by atoms with Gasteiger partial charge in [-0.05, 0) is 30.3 Å². The van der Waals surface area contributed by atoms with Crippen LogP contribution in [0.4, 0.5) is 22.0 Å². The van der Waals surface area contributed by atoms with Gasteiger partial charge in [0.2, 0.25) is 0 Å². The van der Waals surface area contributed by atoms with Crippen molar-refractivity contribution in [1.82, 2.24) is 9.88 Å². The number of hydrogen-bond acceptors (Lipinski definition) is 5. The van der Waals surface area contributed by atoms with Crippen molar-refractivity contribution in [2.24, 2.45) is 0 Å². The van der Waals surface area contributed by atoms with Crippen molar-refractivity contribution in [3.8, 4) is 5.75 Å². The van der Waals surface area contributed by atoms with E-state index in [0.717, 1.165) is 12.1 Å². The van der Waals surface area contributed by atoms with E-state index in [0.29, 0.717) is 25.1 Å². The van der Waals surface area contributed by atoms with Crippen molar-refractivity contribution >= 4 is 5.91 Å². The highest BCUT2D eigenvalue weighted by Gasteiger charge is 2.52. The van der Waals surface area contributed by atoms with Crippen molar-refractivity contribution in [3.63, 3.8) is 0 Å².